The Morgan fingerprint density at radius 3 is 2.04 bits per heavy atom. The molecule has 0 radical (unpaired) electrons. The first kappa shape index (κ1) is 18.8. The van der Waals surface area contributed by atoms with E-state index in [0.717, 1.165) is 10.9 Å². The summed E-state index contributed by atoms with van der Waals surface area (Å²) < 4.78 is 76.1. The molecule has 0 bridgehead atoms. The van der Waals surface area contributed by atoms with Gasteiger partial charge < -0.3 is 0 Å². The molecule has 3 nitrogen and oxygen atoms in total. The minimum absolute atomic E-state index is 0.267. The first-order chi connectivity index (χ1) is 10.9. The van der Waals surface area contributed by atoms with Crippen LogP contribution in [0.1, 0.15) is 11.3 Å². The number of rotatable bonds is 2. The molecule has 0 aliphatic carbocycles. The predicted molar refractivity (Wildman–Crippen MR) is 75.2 cm³/mol. The van der Waals surface area contributed by atoms with E-state index in [1.807, 2.05) is 0 Å². The average molecular weight is 406 g/mol. The van der Waals surface area contributed by atoms with Crippen LogP contribution < -0.4 is 0 Å². The van der Waals surface area contributed by atoms with Gasteiger partial charge in [0.05, 0.1) is 20.5 Å². The van der Waals surface area contributed by atoms with Gasteiger partial charge >= 0.3 is 11.7 Å². The first-order valence-electron chi connectivity index (χ1n) is 5.74. The molecule has 2 rings (SSSR count). The maximum absolute atomic E-state index is 12.7. The van der Waals surface area contributed by atoms with E-state index in [2.05, 4.69) is 5.10 Å². The van der Waals surface area contributed by atoms with E-state index >= 15 is 0 Å². The number of alkyl halides is 6. The highest BCUT2D eigenvalue weighted by molar-refractivity contribution is 8.00. The quantitative estimate of drug-likeness (QED) is 0.476. The van der Waals surface area contributed by atoms with Crippen molar-refractivity contribution in [2.75, 3.05) is 0 Å². The number of thioether (sulfide) groups is 1. The first-order valence-corrected chi connectivity index (χ1v) is 7.31. The molecule has 0 N–H and O–H groups in total. The standard InChI is InChI=1S/C12H3Cl2F6N3S/c13-6-1-5(11(15,16)17)2-7(14)10(6)23-4-9(8(3-21)22-23)24-12(18,19)20/h1-2,4H. The summed E-state index contributed by atoms with van der Waals surface area (Å²) in [4.78, 5) is -0.531. The molecule has 0 atom stereocenters. The van der Waals surface area contributed by atoms with E-state index in [9.17, 15) is 26.3 Å². The third-order valence-electron chi connectivity index (χ3n) is 2.59. The van der Waals surface area contributed by atoms with Crippen LogP contribution in [0, 0.1) is 11.3 Å². The summed E-state index contributed by atoms with van der Waals surface area (Å²) in [5, 5.41) is 11.5. The van der Waals surface area contributed by atoms with E-state index in [1.165, 1.54) is 6.07 Å². The number of halogens is 8. The van der Waals surface area contributed by atoms with E-state index < -0.39 is 49.6 Å². The van der Waals surface area contributed by atoms with E-state index in [1.54, 1.807) is 0 Å². The normalized spacial score (nSPS) is 12.3. The van der Waals surface area contributed by atoms with Crippen LogP contribution >= 0.6 is 35.0 Å². The number of benzene rings is 1. The van der Waals surface area contributed by atoms with Gasteiger partial charge in [-0.05, 0) is 23.9 Å². The van der Waals surface area contributed by atoms with Gasteiger partial charge in [0.2, 0.25) is 0 Å². The summed E-state index contributed by atoms with van der Waals surface area (Å²) in [7, 11) is 0. The lowest BCUT2D eigenvalue weighted by Crippen LogP contribution is -2.07. The van der Waals surface area contributed by atoms with Gasteiger partial charge in [-0.2, -0.15) is 36.7 Å². The summed E-state index contributed by atoms with van der Waals surface area (Å²) in [6, 6.07) is 2.59. The summed E-state index contributed by atoms with van der Waals surface area (Å²) in [5.41, 5.74) is -6.63. The van der Waals surface area contributed by atoms with Crippen molar-refractivity contribution in [1.29, 1.82) is 5.26 Å². The molecule has 0 aliphatic rings. The van der Waals surface area contributed by atoms with Crippen LogP contribution in [-0.4, -0.2) is 15.3 Å². The van der Waals surface area contributed by atoms with Crippen LogP contribution in [-0.2, 0) is 6.18 Å². The second kappa shape index (κ2) is 6.38. The van der Waals surface area contributed by atoms with Crippen molar-refractivity contribution in [1.82, 2.24) is 9.78 Å². The highest BCUT2D eigenvalue weighted by Crippen LogP contribution is 2.41. The Balaban J connectivity index is 2.56. The molecule has 12 heteroatoms. The number of hydrogen-bond donors (Lipinski definition) is 0. The average Bonchev–Trinajstić information content (AvgIpc) is 2.77. The van der Waals surface area contributed by atoms with Gasteiger partial charge in [0.15, 0.2) is 5.69 Å². The maximum Gasteiger partial charge on any atom is 0.446 e. The van der Waals surface area contributed by atoms with Crippen LogP contribution in [0.5, 0.6) is 0 Å². The van der Waals surface area contributed by atoms with Crippen molar-refractivity contribution in [3.05, 3.63) is 39.6 Å². The lowest BCUT2D eigenvalue weighted by molar-refractivity contribution is -0.137. The molecule has 0 unspecified atom stereocenters. The van der Waals surface area contributed by atoms with Crippen molar-refractivity contribution < 1.29 is 26.3 Å². The largest absolute Gasteiger partial charge is 0.446 e. The second-order valence-electron chi connectivity index (χ2n) is 4.23. The number of nitrogens with zero attached hydrogens (tertiary/aromatic N) is 3. The third-order valence-corrected chi connectivity index (χ3v) is 3.91. The Kier molecular flexibility index (Phi) is 4.99. The van der Waals surface area contributed by atoms with Crippen molar-refractivity contribution in [3.8, 4) is 11.8 Å². The Morgan fingerprint density at radius 1 is 1.08 bits per heavy atom. The van der Waals surface area contributed by atoms with Gasteiger partial charge in [0.1, 0.15) is 11.8 Å². The van der Waals surface area contributed by atoms with Gasteiger partial charge in [-0.25, -0.2) is 4.68 Å². The van der Waals surface area contributed by atoms with Crippen LogP contribution in [0.4, 0.5) is 26.3 Å². The molecule has 0 saturated carbocycles. The van der Waals surface area contributed by atoms with E-state index in [4.69, 9.17) is 28.5 Å². The summed E-state index contributed by atoms with van der Waals surface area (Å²) >= 11 is 10.9. The zero-order valence-electron chi connectivity index (χ0n) is 11.0. The Hall–Kier alpha value is -1.57. The maximum atomic E-state index is 12.7. The van der Waals surface area contributed by atoms with E-state index in [-0.39, 0.29) is 5.69 Å². The number of aromatic nitrogens is 2. The highest BCUT2D eigenvalue weighted by atomic mass is 35.5. The molecule has 0 spiro atoms. The molecule has 0 amide bonds. The fourth-order valence-corrected chi connectivity index (χ4v) is 2.94. The Bertz CT molecular complexity index is 799. The molecule has 128 valence electrons. The monoisotopic (exact) mass is 405 g/mol. The molecular formula is C12H3Cl2F6N3S. The number of nitriles is 1. The SMILES string of the molecule is N#Cc1nn(-c2c(Cl)cc(C(F)(F)F)cc2Cl)cc1SC(F)(F)F. The van der Waals surface area contributed by atoms with Crippen LogP contribution in [0.25, 0.3) is 5.69 Å². The van der Waals surface area contributed by atoms with Gasteiger partial charge in [-0.1, -0.05) is 23.2 Å². The van der Waals surface area contributed by atoms with E-state index in [0.29, 0.717) is 12.1 Å². The molecule has 0 fully saturated rings. The molecule has 1 heterocycles. The number of hydrogen-bond acceptors (Lipinski definition) is 3. The molecule has 0 aliphatic heterocycles. The van der Waals surface area contributed by atoms with Gasteiger partial charge in [-0.15, -0.1) is 0 Å². The Labute approximate surface area is 144 Å². The van der Waals surface area contributed by atoms with Crippen LogP contribution in [0.3, 0.4) is 0 Å². The van der Waals surface area contributed by atoms with Gasteiger partial charge in [0, 0.05) is 6.20 Å². The molecule has 1 aromatic heterocycles. The predicted octanol–water partition coefficient (Wildman–Crippen LogP) is 5.68. The minimum atomic E-state index is -4.70. The lowest BCUT2D eigenvalue weighted by Gasteiger charge is -2.12. The van der Waals surface area contributed by atoms with Gasteiger partial charge in [-0.3, -0.25) is 0 Å². The molecule has 1 aromatic carbocycles. The summed E-state index contributed by atoms with van der Waals surface area (Å²) in [6.45, 7) is 0. The highest BCUT2D eigenvalue weighted by Gasteiger charge is 2.34. The van der Waals surface area contributed by atoms with Crippen molar-refractivity contribution >= 4 is 35.0 Å². The second-order valence-corrected chi connectivity index (χ2v) is 6.15. The topological polar surface area (TPSA) is 41.6 Å². The van der Waals surface area contributed by atoms with Crippen molar-refractivity contribution in [2.24, 2.45) is 0 Å². The summed E-state index contributed by atoms with van der Waals surface area (Å²) in [6.07, 6.45) is -3.89. The molecular weight excluding hydrogens is 403 g/mol. The smallest absolute Gasteiger partial charge is 0.235 e. The molecule has 2 aromatic rings. The van der Waals surface area contributed by atoms with Gasteiger partial charge in [0.25, 0.3) is 0 Å². The van der Waals surface area contributed by atoms with Crippen LogP contribution in [0.15, 0.2) is 23.2 Å². The lowest BCUT2D eigenvalue weighted by atomic mass is 10.2. The van der Waals surface area contributed by atoms with Crippen LogP contribution in [0.2, 0.25) is 10.0 Å². The minimum Gasteiger partial charge on any atom is -0.235 e. The Morgan fingerprint density at radius 2 is 1.62 bits per heavy atom. The zero-order valence-corrected chi connectivity index (χ0v) is 13.3. The third kappa shape index (κ3) is 4.09. The fraction of sp³-hybridized carbons (Fsp3) is 0.167. The van der Waals surface area contributed by atoms with Crippen molar-refractivity contribution in [2.45, 2.75) is 16.6 Å². The zero-order chi connectivity index (χ0) is 18.3. The summed E-state index contributed by atoms with van der Waals surface area (Å²) in [5.74, 6) is 0. The van der Waals surface area contributed by atoms with Crippen molar-refractivity contribution in [3.63, 3.8) is 0 Å². The molecule has 0 saturated heterocycles. The fourth-order valence-electron chi connectivity index (χ4n) is 1.70. The molecule has 24 heavy (non-hydrogen) atoms.